The van der Waals surface area contributed by atoms with E-state index >= 15 is 0 Å². The number of likely N-dealkylation sites (tertiary alicyclic amines) is 1. The van der Waals surface area contributed by atoms with E-state index < -0.39 is 0 Å². The smallest absolute Gasteiger partial charge is 0.121 e. The first-order valence-electron chi connectivity index (χ1n) is 6.73. The summed E-state index contributed by atoms with van der Waals surface area (Å²) >= 11 is 0. The molecule has 0 aromatic heterocycles. The summed E-state index contributed by atoms with van der Waals surface area (Å²) in [5.74, 6) is 0.941. The zero-order valence-corrected chi connectivity index (χ0v) is 11.4. The van der Waals surface area contributed by atoms with Crippen molar-refractivity contribution in [1.29, 1.82) is 0 Å². The molecule has 3 nitrogen and oxygen atoms in total. The predicted molar refractivity (Wildman–Crippen MR) is 72.9 cm³/mol. The van der Waals surface area contributed by atoms with Gasteiger partial charge in [0.1, 0.15) is 5.75 Å². The second-order valence-corrected chi connectivity index (χ2v) is 5.11. The van der Waals surface area contributed by atoms with Gasteiger partial charge in [0.25, 0.3) is 0 Å². The van der Waals surface area contributed by atoms with E-state index in [1.807, 2.05) is 6.07 Å². The Morgan fingerprint density at radius 2 is 2.22 bits per heavy atom. The molecule has 18 heavy (non-hydrogen) atoms. The second kappa shape index (κ2) is 6.21. The average molecular weight is 249 g/mol. The highest BCUT2D eigenvalue weighted by Gasteiger charge is 2.21. The molecule has 0 spiro atoms. The SMILES string of the molecule is COc1ccc(CN2CCCC[C@@H]2CO)cc1C. The van der Waals surface area contributed by atoms with Crippen molar-refractivity contribution < 1.29 is 9.84 Å². The van der Waals surface area contributed by atoms with E-state index in [1.54, 1.807) is 7.11 Å². The van der Waals surface area contributed by atoms with Crippen LogP contribution >= 0.6 is 0 Å². The number of ether oxygens (including phenoxy) is 1. The van der Waals surface area contributed by atoms with Crippen LogP contribution in [0.2, 0.25) is 0 Å². The number of aliphatic hydroxyl groups excluding tert-OH is 1. The molecule has 3 heteroatoms. The summed E-state index contributed by atoms with van der Waals surface area (Å²) in [4.78, 5) is 2.39. The van der Waals surface area contributed by atoms with Gasteiger partial charge in [0.15, 0.2) is 0 Å². The van der Waals surface area contributed by atoms with E-state index in [-0.39, 0.29) is 6.61 Å². The molecule has 1 aliphatic heterocycles. The molecule has 2 rings (SSSR count). The first kappa shape index (κ1) is 13.4. The Balaban J connectivity index is 2.05. The summed E-state index contributed by atoms with van der Waals surface area (Å²) in [5, 5.41) is 9.41. The van der Waals surface area contributed by atoms with Gasteiger partial charge in [0.2, 0.25) is 0 Å². The monoisotopic (exact) mass is 249 g/mol. The molecule has 0 radical (unpaired) electrons. The van der Waals surface area contributed by atoms with Crippen molar-refractivity contribution in [2.75, 3.05) is 20.3 Å². The number of hydrogen-bond acceptors (Lipinski definition) is 3. The number of aliphatic hydroxyl groups is 1. The van der Waals surface area contributed by atoms with Crippen molar-refractivity contribution in [2.24, 2.45) is 0 Å². The van der Waals surface area contributed by atoms with Gasteiger partial charge in [-0.3, -0.25) is 4.90 Å². The van der Waals surface area contributed by atoms with E-state index in [1.165, 1.54) is 24.0 Å². The average Bonchev–Trinajstić information content (AvgIpc) is 2.39. The molecule has 1 aliphatic rings. The Bertz CT molecular complexity index is 392. The predicted octanol–water partition coefficient (Wildman–Crippen LogP) is 2.35. The molecule has 1 aromatic carbocycles. The van der Waals surface area contributed by atoms with E-state index in [4.69, 9.17) is 4.74 Å². The quantitative estimate of drug-likeness (QED) is 0.889. The van der Waals surface area contributed by atoms with Gasteiger partial charge in [0, 0.05) is 12.6 Å². The standard InChI is InChI=1S/C15H23NO2/c1-12-9-13(6-7-15(12)18-2)10-16-8-4-3-5-14(16)11-17/h6-7,9,14,17H,3-5,8,10-11H2,1-2H3/t14-/m1/s1. The van der Waals surface area contributed by atoms with Gasteiger partial charge < -0.3 is 9.84 Å². The molecule has 0 bridgehead atoms. The highest BCUT2D eigenvalue weighted by Crippen LogP contribution is 2.22. The number of methoxy groups -OCH3 is 1. The molecule has 100 valence electrons. The highest BCUT2D eigenvalue weighted by atomic mass is 16.5. The molecule has 1 atom stereocenters. The fraction of sp³-hybridized carbons (Fsp3) is 0.600. The largest absolute Gasteiger partial charge is 0.496 e. The van der Waals surface area contributed by atoms with Crippen LogP contribution in [0, 0.1) is 6.92 Å². The zero-order valence-electron chi connectivity index (χ0n) is 11.4. The summed E-state index contributed by atoms with van der Waals surface area (Å²) in [5.41, 5.74) is 2.47. The summed E-state index contributed by atoms with van der Waals surface area (Å²) < 4.78 is 5.28. The molecule has 0 amide bonds. The van der Waals surface area contributed by atoms with Gasteiger partial charge in [-0.25, -0.2) is 0 Å². The van der Waals surface area contributed by atoms with Crippen LogP contribution in [-0.2, 0) is 6.54 Å². The van der Waals surface area contributed by atoms with Crippen LogP contribution < -0.4 is 4.74 Å². The van der Waals surface area contributed by atoms with Crippen molar-refractivity contribution in [2.45, 2.75) is 38.8 Å². The minimum atomic E-state index is 0.273. The Kier molecular flexibility index (Phi) is 4.61. The topological polar surface area (TPSA) is 32.7 Å². The minimum Gasteiger partial charge on any atom is -0.496 e. The fourth-order valence-corrected chi connectivity index (χ4v) is 2.75. The van der Waals surface area contributed by atoms with Crippen LogP contribution in [0.3, 0.4) is 0 Å². The van der Waals surface area contributed by atoms with E-state index in [0.29, 0.717) is 6.04 Å². The Hall–Kier alpha value is -1.06. The van der Waals surface area contributed by atoms with Crippen molar-refractivity contribution in [3.8, 4) is 5.75 Å². The fourth-order valence-electron chi connectivity index (χ4n) is 2.75. The summed E-state index contributed by atoms with van der Waals surface area (Å²) in [6.45, 7) is 4.36. The first-order chi connectivity index (χ1) is 8.74. The Morgan fingerprint density at radius 1 is 1.39 bits per heavy atom. The number of aryl methyl sites for hydroxylation is 1. The van der Waals surface area contributed by atoms with Gasteiger partial charge in [-0.05, 0) is 43.5 Å². The maximum Gasteiger partial charge on any atom is 0.121 e. The van der Waals surface area contributed by atoms with Crippen LogP contribution in [0.1, 0.15) is 30.4 Å². The molecule has 1 saturated heterocycles. The third-order valence-corrected chi connectivity index (χ3v) is 3.80. The van der Waals surface area contributed by atoms with Crippen molar-refractivity contribution in [3.05, 3.63) is 29.3 Å². The van der Waals surface area contributed by atoms with Crippen LogP contribution in [-0.4, -0.2) is 36.3 Å². The molecule has 1 fully saturated rings. The van der Waals surface area contributed by atoms with E-state index in [9.17, 15) is 5.11 Å². The molecule has 1 N–H and O–H groups in total. The Morgan fingerprint density at radius 3 is 2.89 bits per heavy atom. The molecule has 1 aromatic rings. The van der Waals surface area contributed by atoms with Crippen LogP contribution in [0.5, 0.6) is 5.75 Å². The van der Waals surface area contributed by atoms with Gasteiger partial charge in [-0.15, -0.1) is 0 Å². The van der Waals surface area contributed by atoms with Gasteiger partial charge in [-0.1, -0.05) is 18.6 Å². The van der Waals surface area contributed by atoms with Crippen molar-refractivity contribution in [1.82, 2.24) is 4.90 Å². The zero-order chi connectivity index (χ0) is 13.0. The van der Waals surface area contributed by atoms with E-state index in [0.717, 1.165) is 25.3 Å². The number of benzene rings is 1. The summed E-state index contributed by atoms with van der Waals surface area (Å²) in [6, 6.07) is 6.67. The van der Waals surface area contributed by atoms with Crippen LogP contribution in [0.15, 0.2) is 18.2 Å². The normalized spacial score (nSPS) is 20.9. The number of rotatable bonds is 4. The maximum absolute atomic E-state index is 9.41. The second-order valence-electron chi connectivity index (χ2n) is 5.11. The number of hydrogen-bond donors (Lipinski definition) is 1. The molecule has 0 unspecified atom stereocenters. The van der Waals surface area contributed by atoms with Crippen molar-refractivity contribution >= 4 is 0 Å². The van der Waals surface area contributed by atoms with Gasteiger partial charge >= 0.3 is 0 Å². The maximum atomic E-state index is 9.41. The lowest BCUT2D eigenvalue weighted by atomic mass is 10.0. The lowest BCUT2D eigenvalue weighted by molar-refractivity contribution is 0.0841. The van der Waals surface area contributed by atoms with E-state index in [2.05, 4.69) is 24.0 Å². The molecule has 1 heterocycles. The molecular formula is C15H23NO2. The third kappa shape index (κ3) is 3.03. The Labute approximate surface area is 109 Å². The molecule has 0 saturated carbocycles. The van der Waals surface area contributed by atoms with Crippen LogP contribution in [0.25, 0.3) is 0 Å². The number of piperidine rings is 1. The summed E-state index contributed by atoms with van der Waals surface area (Å²) in [6.07, 6.45) is 3.60. The van der Waals surface area contributed by atoms with Gasteiger partial charge in [-0.2, -0.15) is 0 Å². The third-order valence-electron chi connectivity index (χ3n) is 3.80. The van der Waals surface area contributed by atoms with Crippen LogP contribution in [0.4, 0.5) is 0 Å². The highest BCUT2D eigenvalue weighted by molar-refractivity contribution is 5.36. The summed E-state index contributed by atoms with van der Waals surface area (Å²) in [7, 11) is 1.70. The first-order valence-corrected chi connectivity index (χ1v) is 6.73. The van der Waals surface area contributed by atoms with Crippen molar-refractivity contribution in [3.63, 3.8) is 0 Å². The lowest BCUT2D eigenvalue weighted by Crippen LogP contribution is -2.41. The van der Waals surface area contributed by atoms with Gasteiger partial charge in [0.05, 0.1) is 13.7 Å². The number of nitrogens with zero attached hydrogens (tertiary/aromatic N) is 1. The minimum absolute atomic E-state index is 0.273. The molecular weight excluding hydrogens is 226 g/mol. The lowest BCUT2D eigenvalue weighted by Gasteiger charge is -2.34. The molecule has 0 aliphatic carbocycles.